The molecule has 1 atom stereocenters. The first-order valence-electron chi connectivity index (χ1n) is 6.60. The second kappa shape index (κ2) is 5.35. The van der Waals surface area contributed by atoms with Crippen LogP contribution in [0.3, 0.4) is 0 Å². The number of carbonyl (C=O) groups is 1. The molecule has 1 aromatic carbocycles. The molecule has 1 aromatic rings. The lowest BCUT2D eigenvalue weighted by Crippen LogP contribution is -2.43. The number of nitrogens with zero attached hydrogens (tertiary/aromatic N) is 1. The molecule has 1 aliphatic rings. The standard InChI is InChI=1S/C15H21NO/c1-3-14-9-4-5-10-16(14)15(17)13-8-6-7-12(2)11-13/h6-8,11,14H,3-5,9-10H2,1-2H3/t14-/m0/s1. The minimum absolute atomic E-state index is 0.209. The Balaban J connectivity index is 2.18. The fourth-order valence-corrected chi connectivity index (χ4v) is 2.64. The maximum atomic E-state index is 12.4. The molecule has 1 fully saturated rings. The highest BCUT2D eigenvalue weighted by molar-refractivity contribution is 5.94. The summed E-state index contributed by atoms with van der Waals surface area (Å²) in [7, 11) is 0. The predicted octanol–water partition coefficient (Wildman–Crippen LogP) is 3.40. The van der Waals surface area contributed by atoms with Crippen molar-refractivity contribution >= 4 is 5.91 Å². The minimum Gasteiger partial charge on any atom is -0.336 e. The van der Waals surface area contributed by atoms with Crippen molar-refractivity contribution in [1.82, 2.24) is 4.90 Å². The predicted molar refractivity (Wildman–Crippen MR) is 70.1 cm³/mol. The maximum absolute atomic E-state index is 12.4. The number of hydrogen-bond donors (Lipinski definition) is 0. The molecular weight excluding hydrogens is 210 g/mol. The largest absolute Gasteiger partial charge is 0.336 e. The second-order valence-corrected chi connectivity index (χ2v) is 4.93. The summed E-state index contributed by atoms with van der Waals surface area (Å²) in [4.78, 5) is 14.5. The number of piperidine rings is 1. The summed E-state index contributed by atoms with van der Waals surface area (Å²) >= 11 is 0. The van der Waals surface area contributed by atoms with E-state index in [1.165, 1.54) is 6.42 Å². The van der Waals surface area contributed by atoms with Gasteiger partial charge < -0.3 is 4.90 Å². The summed E-state index contributed by atoms with van der Waals surface area (Å²) in [6.07, 6.45) is 4.63. The van der Waals surface area contributed by atoms with E-state index in [0.29, 0.717) is 6.04 Å². The summed E-state index contributed by atoms with van der Waals surface area (Å²) in [6.45, 7) is 5.13. The molecule has 17 heavy (non-hydrogen) atoms. The Hall–Kier alpha value is -1.31. The van der Waals surface area contributed by atoms with Gasteiger partial charge in [-0.1, -0.05) is 24.6 Å². The van der Waals surface area contributed by atoms with E-state index in [9.17, 15) is 4.79 Å². The van der Waals surface area contributed by atoms with Crippen LogP contribution < -0.4 is 0 Å². The molecular formula is C15H21NO. The van der Waals surface area contributed by atoms with Crippen molar-refractivity contribution in [1.29, 1.82) is 0 Å². The molecule has 0 radical (unpaired) electrons. The Morgan fingerprint density at radius 2 is 2.24 bits per heavy atom. The van der Waals surface area contributed by atoms with E-state index in [1.807, 2.05) is 31.2 Å². The van der Waals surface area contributed by atoms with Crippen molar-refractivity contribution in [3.63, 3.8) is 0 Å². The summed E-state index contributed by atoms with van der Waals surface area (Å²) in [5.74, 6) is 0.209. The number of benzene rings is 1. The molecule has 0 spiro atoms. The van der Waals surface area contributed by atoms with Gasteiger partial charge in [0.1, 0.15) is 0 Å². The van der Waals surface area contributed by atoms with E-state index < -0.39 is 0 Å². The topological polar surface area (TPSA) is 20.3 Å². The van der Waals surface area contributed by atoms with Gasteiger partial charge in [-0.2, -0.15) is 0 Å². The van der Waals surface area contributed by atoms with E-state index in [2.05, 4.69) is 11.8 Å². The molecule has 0 N–H and O–H groups in total. The molecule has 2 heteroatoms. The van der Waals surface area contributed by atoms with Crippen LogP contribution >= 0.6 is 0 Å². The Morgan fingerprint density at radius 3 is 2.94 bits per heavy atom. The van der Waals surface area contributed by atoms with Crippen LogP contribution in [0.2, 0.25) is 0 Å². The average Bonchev–Trinajstić information content (AvgIpc) is 2.38. The lowest BCUT2D eigenvalue weighted by atomic mass is 9.98. The fraction of sp³-hybridized carbons (Fsp3) is 0.533. The van der Waals surface area contributed by atoms with Crippen molar-refractivity contribution < 1.29 is 4.79 Å². The molecule has 0 aliphatic carbocycles. The molecule has 2 rings (SSSR count). The quantitative estimate of drug-likeness (QED) is 0.764. The first-order chi connectivity index (χ1) is 8.22. The highest BCUT2D eigenvalue weighted by atomic mass is 16.2. The van der Waals surface area contributed by atoms with Crippen LogP contribution in [0.15, 0.2) is 24.3 Å². The van der Waals surface area contributed by atoms with Crippen LogP contribution in [0, 0.1) is 6.92 Å². The summed E-state index contributed by atoms with van der Waals surface area (Å²) in [5, 5.41) is 0. The molecule has 0 saturated carbocycles. The van der Waals surface area contributed by atoms with Crippen molar-refractivity contribution in [2.24, 2.45) is 0 Å². The normalized spacial score (nSPS) is 20.4. The third-order valence-corrected chi connectivity index (χ3v) is 3.62. The van der Waals surface area contributed by atoms with Crippen molar-refractivity contribution in [3.8, 4) is 0 Å². The highest BCUT2D eigenvalue weighted by Crippen LogP contribution is 2.21. The number of aryl methyl sites for hydroxylation is 1. The zero-order valence-electron chi connectivity index (χ0n) is 10.8. The second-order valence-electron chi connectivity index (χ2n) is 4.93. The molecule has 92 valence electrons. The van der Waals surface area contributed by atoms with Crippen LogP contribution in [0.1, 0.15) is 48.5 Å². The Kier molecular flexibility index (Phi) is 3.82. The van der Waals surface area contributed by atoms with Crippen LogP contribution in [0.5, 0.6) is 0 Å². The van der Waals surface area contributed by atoms with Gasteiger partial charge in [0.05, 0.1) is 0 Å². The Morgan fingerprint density at radius 1 is 1.41 bits per heavy atom. The molecule has 1 saturated heterocycles. The Labute approximate surface area is 104 Å². The minimum atomic E-state index is 0.209. The summed E-state index contributed by atoms with van der Waals surface area (Å²) in [5.41, 5.74) is 1.99. The molecule has 2 nitrogen and oxygen atoms in total. The van der Waals surface area contributed by atoms with Crippen LogP contribution in [-0.4, -0.2) is 23.4 Å². The van der Waals surface area contributed by atoms with Gasteiger partial charge in [-0.3, -0.25) is 4.79 Å². The number of likely N-dealkylation sites (tertiary alicyclic amines) is 1. The van der Waals surface area contributed by atoms with Crippen molar-refractivity contribution in [3.05, 3.63) is 35.4 Å². The number of hydrogen-bond acceptors (Lipinski definition) is 1. The first-order valence-corrected chi connectivity index (χ1v) is 6.60. The zero-order valence-corrected chi connectivity index (χ0v) is 10.8. The highest BCUT2D eigenvalue weighted by Gasteiger charge is 2.25. The fourth-order valence-electron chi connectivity index (χ4n) is 2.64. The number of carbonyl (C=O) groups excluding carboxylic acids is 1. The van der Waals surface area contributed by atoms with Crippen molar-refractivity contribution in [2.75, 3.05) is 6.54 Å². The SMILES string of the molecule is CC[C@H]1CCCCN1C(=O)c1cccc(C)c1. The lowest BCUT2D eigenvalue weighted by Gasteiger charge is -2.35. The van der Waals surface area contributed by atoms with E-state index in [4.69, 9.17) is 0 Å². The van der Waals surface area contributed by atoms with Gasteiger partial charge >= 0.3 is 0 Å². The van der Waals surface area contributed by atoms with Gasteiger partial charge in [0, 0.05) is 18.2 Å². The molecule has 0 unspecified atom stereocenters. The van der Waals surface area contributed by atoms with Crippen molar-refractivity contribution in [2.45, 2.75) is 45.6 Å². The third kappa shape index (κ3) is 2.68. The van der Waals surface area contributed by atoms with E-state index in [0.717, 1.165) is 36.9 Å². The molecule has 1 amide bonds. The number of rotatable bonds is 2. The first kappa shape index (κ1) is 12.2. The zero-order chi connectivity index (χ0) is 12.3. The average molecular weight is 231 g/mol. The van der Waals surface area contributed by atoms with E-state index in [1.54, 1.807) is 0 Å². The molecule has 0 bridgehead atoms. The van der Waals surface area contributed by atoms with Crippen LogP contribution in [-0.2, 0) is 0 Å². The van der Waals surface area contributed by atoms with Gasteiger partial charge in [-0.15, -0.1) is 0 Å². The number of amides is 1. The van der Waals surface area contributed by atoms with Gasteiger partial charge in [0.2, 0.25) is 0 Å². The molecule has 1 heterocycles. The van der Waals surface area contributed by atoms with E-state index >= 15 is 0 Å². The van der Waals surface area contributed by atoms with Gasteiger partial charge in [-0.25, -0.2) is 0 Å². The van der Waals surface area contributed by atoms with Gasteiger partial charge in [0.25, 0.3) is 5.91 Å². The smallest absolute Gasteiger partial charge is 0.254 e. The van der Waals surface area contributed by atoms with E-state index in [-0.39, 0.29) is 5.91 Å². The van der Waals surface area contributed by atoms with Crippen LogP contribution in [0.25, 0.3) is 0 Å². The lowest BCUT2D eigenvalue weighted by molar-refractivity contribution is 0.0608. The van der Waals surface area contributed by atoms with Gasteiger partial charge in [0.15, 0.2) is 0 Å². The summed E-state index contributed by atoms with van der Waals surface area (Å²) in [6, 6.07) is 8.36. The molecule has 0 aromatic heterocycles. The maximum Gasteiger partial charge on any atom is 0.254 e. The van der Waals surface area contributed by atoms with Crippen LogP contribution in [0.4, 0.5) is 0 Å². The van der Waals surface area contributed by atoms with Gasteiger partial charge in [-0.05, 0) is 44.7 Å². The molecule has 1 aliphatic heterocycles. The third-order valence-electron chi connectivity index (χ3n) is 3.62. The summed E-state index contributed by atoms with van der Waals surface area (Å²) < 4.78 is 0. The Bertz CT molecular complexity index is 400. The monoisotopic (exact) mass is 231 g/mol.